The van der Waals surface area contributed by atoms with Gasteiger partial charge >= 0.3 is 0 Å². The molecule has 0 aliphatic heterocycles. The maximum absolute atomic E-state index is 5.62. The Labute approximate surface area is 88.3 Å². The van der Waals surface area contributed by atoms with Crippen LogP contribution in [0.15, 0.2) is 12.1 Å². The maximum Gasteiger partial charge on any atom is 0.0180 e. The van der Waals surface area contributed by atoms with Crippen molar-refractivity contribution < 1.29 is 0 Å². The Morgan fingerprint density at radius 3 is 1.93 bits per heavy atom. The quantitative estimate of drug-likeness (QED) is 0.766. The van der Waals surface area contributed by atoms with Crippen molar-refractivity contribution in [2.24, 2.45) is 5.73 Å². The van der Waals surface area contributed by atoms with Crippen LogP contribution < -0.4 is 5.73 Å². The summed E-state index contributed by atoms with van der Waals surface area (Å²) in [4.78, 5) is 0. The van der Waals surface area contributed by atoms with Gasteiger partial charge in [-0.1, -0.05) is 32.9 Å². The molecule has 1 aromatic rings. The van der Waals surface area contributed by atoms with Crippen molar-refractivity contribution in [1.82, 2.24) is 0 Å². The van der Waals surface area contributed by atoms with Gasteiger partial charge in [-0.3, -0.25) is 0 Å². The minimum Gasteiger partial charge on any atom is -0.326 e. The van der Waals surface area contributed by atoms with Crippen molar-refractivity contribution in [3.63, 3.8) is 0 Å². The fourth-order valence-electron chi connectivity index (χ4n) is 1.55. The van der Waals surface area contributed by atoms with Crippen LogP contribution in [0.2, 0.25) is 0 Å². The summed E-state index contributed by atoms with van der Waals surface area (Å²) < 4.78 is 0. The molecule has 0 bridgehead atoms. The molecule has 0 aromatic heterocycles. The summed E-state index contributed by atoms with van der Waals surface area (Å²) in [5.74, 6) is 0. The Kier molecular flexibility index (Phi) is 6.22. The Morgan fingerprint density at radius 1 is 1.00 bits per heavy atom. The predicted octanol–water partition coefficient (Wildman–Crippen LogP) is 3.35. The Bertz CT molecular complexity index is 252. The van der Waals surface area contributed by atoms with Crippen molar-refractivity contribution in [3.05, 3.63) is 34.4 Å². The van der Waals surface area contributed by atoms with E-state index in [9.17, 15) is 0 Å². The van der Waals surface area contributed by atoms with Crippen molar-refractivity contribution in [3.8, 4) is 0 Å². The zero-order chi connectivity index (χ0) is 11.1. The van der Waals surface area contributed by atoms with Crippen LogP contribution in [0.1, 0.15) is 43.0 Å². The van der Waals surface area contributed by atoms with Crippen molar-refractivity contribution in [1.29, 1.82) is 0 Å². The molecule has 0 saturated heterocycles. The van der Waals surface area contributed by atoms with Gasteiger partial charge < -0.3 is 5.73 Å². The highest BCUT2D eigenvalue weighted by Crippen LogP contribution is 2.15. The van der Waals surface area contributed by atoms with E-state index in [1.165, 1.54) is 22.3 Å². The normalized spacial score (nSPS) is 9.29. The van der Waals surface area contributed by atoms with E-state index in [1.807, 2.05) is 13.8 Å². The first-order valence-electron chi connectivity index (χ1n) is 5.48. The lowest BCUT2D eigenvalue weighted by Gasteiger charge is -2.08. The lowest BCUT2D eigenvalue weighted by molar-refractivity contribution is 1.01. The largest absolute Gasteiger partial charge is 0.326 e. The zero-order valence-corrected chi connectivity index (χ0v) is 10.1. The van der Waals surface area contributed by atoms with Crippen LogP contribution >= 0.6 is 0 Å². The molecule has 2 N–H and O–H groups in total. The first kappa shape index (κ1) is 13.2. The highest BCUT2D eigenvalue weighted by Gasteiger charge is 2.00. The molecule has 0 saturated carbocycles. The molecule has 0 heterocycles. The molecule has 0 unspecified atom stereocenters. The van der Waals surface area contributed by atoms with E-state index in [-0.39, 0.29) is 0 Å². The minimum atomic E-state index is 0.652. The van der Waals surface area contributed by atoms with Gasteiger partial charge in [0, 0.05) is 6.54 Å². The predicted molar refractivity (Wildman–Crippen MR) is 64.5 cm³/mol. The first-order valence-corrected chi connectivity index (χ1v) is 5.48. The van der Waals surface area contributed by atoms with Crippen LogP contribution in [-0.4, -0.2) is 0 Å². The second kappa shape index (κ2) is 6.61. The highest BCUT2D eigenvalue weighted by atomic mass is 14.5. The molecule has 0 aliphatic carbocycles. The third kappa shape index (κ3) is 3.15. The van der Waals surface area contributed by atoms with Crippen LogP contribution in [0.3, 0.4) is 0 Å². The van der Waals surface area contributed by atoms with Gasteiger partial charge in [0.05, 0.1) is 0 Å². The van der Waals surface area contributed by atoms with E-state index >= 15 is 0 Å². The van der Waals surface area contributed by atoms with Crippen LogP contribution in [0.4, 0.5) is 0 Å². The van der Waals surface area contributed by atoms with Gasteiger partial charge in [0.15, 0.2) is 0 Å². The molecule has 1 aromatic carbocycles. The minimum absolute atomic E-state index is 0.652. The lowest BCUT2D eigenvalue weighted by atomic mass is 9.98. The Morgan fingerprint density at radius 2 is 1.50 bits per heavy atom. The van der Waals surface area contributed by atoms with E-state index in [1.54, 1.807) is 0 Å². The molecule has 0 aliphatic rings. The summed E-state index contributed by atoms with van der Waals surface area (Å²) in [7, 11) is 0. The van der Waals surface area contributed by atoms with Gasteiger partial charge in [0.25, 0.3) is 0 Å². The SMILES string of the molecule is CC.CCc1cc(CN)c(C)cc1C. The van der Waals surface area contributed by atoms with E-state index in [0.717, 1.165) is 6.42 Å². The number of aryl methyl sites for hydroxylation is 3. The van der Waals surface area contributed by atoms with E-state index in [0.29, 0.717) is 6.54 Å². The Hall–Kier alpha value is -0.820. The lowest BCUT2D eigenvalue weighted by Crippen LogP contribution is -2.01. The summed E-state index contributed by atoms with van der Waals surface area (Å²) in [6, 6.07) is 4.45. The van der Waals surface area contributed by atoms with Crippen molar-refractivity contribution >= 4 is 0 Å². The third-order valence-electron chi connectivity index (χ3n) is 2.40. The zero-order valence-electron chi connectivity index (χ0n) is 10.1. The number of rotatable bonds is 2. The first-order chi connectivity index (χ1) is 6.69. The summed E-state index contributed by atoms with van der Waals surface area (Å²) in [5.41, 5.74) is 11.0. The highest BCUT2D eigenvalue weighted by molar-refractivity contribution is 5.37. The average Bonchev–Trinajstić information content (AvgIpc) is 2.21. The number of nitrogens with two attached hydrogens (primary N) is 1. The molecule has 0 spiro atoms. The van der Waals surface area contributed by atoms with Gasteiger partial charge in [-0.25, -0.2) is 0 Å². The van der Waals surface area contributed by atoms with Crippen molar-refractivity contribution in [2.45, 2.75) is 47.6 Å². The van der Waals surface area contributed by atoms with Crippen molar-refractivity contribution in [2.75, 3.05) is 0 Å². The molecule has 1 nitrogen and oxygen atoms in total. The average molecular weight is 193 g/mol. The topological polar surface area (TPSA) is 26.0 Å². The Balaban J connectivity index is 0.000000791. The summed E-state index contributed by atoms with van der Waals surface area (Å²) in [6.07, 6.45) is 1.10. The number of hydrogen-bond acceptors (Lipinski definition) is 1. The van der Waals surface area contributed by atoms with E-state index < -0.39 is 0 Å². The number of benzene rings is 1. The molecule has 14 heavy (non-hydrogen) atoms. The van der Waals surface area contributed by atoms with Crippen LogP contribution in [0.25, 0.3) is 0 Å². The van der Waals surface area contributed by atoms with Crippen LogP contribution in [0, 0.1) is 13.8 Å². The summed E-state index contributed by atoms with van der Waals surface area (Å²) in [6.45, 7) is 11.1. The van der Waals surface area contributed by atoms with Gasteiger partial charge in [0.1, 0.15) is 0 Å². The van der Waals surface area contributed by atoms with E-state index in [4.69, 9.17) is 5.73 Å². The van der Waals surface area contributed by atoms with Gasteiger partial charge in [-0.15, -0.1) is 0 Å². The maximum atomic E-state index is 5.62. The van der Waals surface area contributed by atoms with Crippen LogP contribution in [-0.2, 0) is 13.0 Å². The molecule has 0 radical (unpaired) electrons. The van der Waals surface area contributed by atoms with Crippen LogP contribution in [0.5, 0.6) is 0 Å². The molecule has 0 amide bonds. The smallest absolute Gasteiger partial charge is 0.0180 e. The van der Waals surface area contributed by atoms with Gasteiger partial charge in [-0.2, -0.15) is 0 Å². The standard InChI is InChI=1S/C11H17N.C2H6/c1-4-10-6-11(7-12)9(3)5-8(10)2;1-2/h5-6H,4,7,12H2,1-3H3;1-2H3. The third-order valence-corrected chi connectivity index (χ3v) is 2.40. The monoisotopic (exact) mass is 193 g/mol. The second-order valence-electron chi connectivity index (χ2n) is 3.26. The molecular weight excluding hydrogens is 170 g/mol. The molecule has 1 rings (SSSR count). The molecule has 0 fully saturated rings. The number of hydrogen-bond donors (Lipinski definition) is 1. The summed E-state index contributed by atoms with van der Waals surface area (Å²) in [5, 5.41) is 0. The fraction of sp³-hybridized carbons (Fsp3) is 0.538. The van der Waals surface area contributed by atoms with E-state index in [2.05, 4.69) is 32.9 Å². The molecular formula is C13H23N. The molecule has 80 valence electrons. The fourth-order valence-corrected chi connectivity index (χ4v) is 1.55. The summed E-state index contributed by atoms with van der Waals surface area (Å²) >= 11 is 0. The molecule has 1 heteroatoms. The molecule has 0 atom stereocenters. The van der Waals surface area contributed by atoms with Gasteiger partial charge in [0.2, 0.25) is 0 Å². The second-order valence-corrected chi connectivity index (χ2v) is 3.26. The van der Waals surface area contributed by atoms with Gasteiger partial charge in [-0.05, 0) is 42.5 Å².